The first-order valence-electron chi connectivity index (χ1n) is 5.43. The minimum absolute atomic E-state index is 0.0371. The van der Waals surface area contributed by atoms with Gasteiger partial charge in [-0.2, -0.15) is 0 Å². The summed E-state index contributed by atoms with van der Waals surface area (Å²) in [4.78, 5) is 0.789. The summed E-state index contributed by atoms with van der Waals surface area (Å²) in [5, 5.41) is 10.2. The topological polar surface area (TPSA) is 51.0 Å². The van der Waals surface area contributed by atoms with Gasteiger partial charge in [0.05, 0.1) is 14.4 Å². The van der Waals surface area contributed by atoms with E-state index in [0.717, 1.165) is 20.8 Å². The lowest BCUT2D eigenvalue weighted by molar-refractivity contribution is 0.576. The van der Waals surface area contributed by atoms with Crippen molar-refractivity contribution in [1.29, 1.82) is 0 Å². The molecule has 3 aromatic rings. The van der Waals surface area contributed by atoms with Gasteiger partial charge in [-0.25, -0.2) is 8.78 Å². The van der Waals surface area contributed by atoms with Gasteiger partial charge in [0.1, 0.15) is 11.6 Å². The van der Waals surface area contributed by atoms with Crippen molar-refractivity contribution in [2.75, 3.05) is 5.32 Å². The van der Waals surface area contributed by atoms with E-state index in [1.807, 2.05) is 12.1 Å². The molecule has 8 heteroatoms. The second-order valence-electron chi connectivity index (χ2n) is 3.77. The van der Waals surface area contributed by atoms with E-state index in [1.165, 1.54) is 17.4 Å². The van der Waals surface area contributed by atoms with Gasteiger partial charge in [0.2, 0.25) is 0 Å². The number of rotatable bonds is 3. The maximum absolute atomic E-state index is 13.5. The predicted octanol–water partition coefficient (Wildman–Crippen LogP) is 4.58. The highest BCUT2D eigenvalue weighted by Gasteiger charge is 2.12. The lowest BCUT2D eigenvalue weighted by Crippen LogP contribution is -1.94. The van der Waals surface area contributed by atoms with Crippen molar-refractivity contribution in [2.45, 2.75) is 0 Å². The second kappa shape index (κ2) is 5.29. The van der Waals surface area contributed by atoms with Crippen LogP contribution in [0.25, 0.3) is 10.8 Å². The first-order valence-corrected chi connectivity index (χ1v) is 7.04. The quantitative estimate of drug-likeness (QED) is 0.745. The minimum atomic E-state index is -0.733. The van der Waals surface area contributed by atoms with Gasteiger partial charge in [-0.1, -0.05) is 5.10 Å². The van der Waals surface area contributed by atoms with Crippen LogP contribution in [0.4, 0.5) is 20.5 Å². The van der Waals surface area contributed by atoms with Crippen molar-refractivity contribution in [3.8, 4) is 10.8 Å². The molecule has 0 unspecified atom stereocenters. The maximum atomic E-state index is 13.5. The molecule has 3 rings (SSSR count). The lowest BCUT2D eigenvalue weighted by Gasteiger charge is -2.02. The highest BCUT2D eigenvalue weighted by molar-refractivity contribution is 9.11. The van der Waals surface area contributed by atoms with Crippen LogP contribution in [0.2, 0.25) is 0 Å². The van der Waals surface area contributed by atoms with E-state index in [4.69, 9.17) is 4.42 Å². The number of hydrogen-bond acceptors (Lipinski definition) is 5. The van der Waals surface area contributed by atoms with Crippen LogP contribution in [0.3, 0.4) is 0 Å². The lowest BCUT2D eigenvalue weighted by atomic mass is 10.3. The molecule has 102 valence electrons. The van der Waals surface area contributed by atoms with E-state index in [2.05, 4.69) is 31.4 Å². The first kappa shape index (κ1) is 13.2. The molecule has 0 spiro atoms. The Morgan fingerprint density at radius 1 is 1.15 bits per heavy atom. The Balaban J connectivity index is 1.84. The van der Waals surface area contributed by atoms with Crippen LogP contribution in [-0.4, -0.2) is 10.2 Å². The van der Waals surface area contributed by atoms with Gasteiger partial charge in [-0.15, -0.1) is 16.4 Å². The molecule has 0 radical (unpaired) electrons. The third-order valence-electron chi connectivity index (χ3n) is 2.38. The fourth-order valence-corrected chi connectivity index (χ4v) is 2.82. The number of nitrogens with zero attached hydrogens (tertiary/aromatic N) is 2. The predicted molar refractivity (Wildman–Crippen MR) is 75.0 cm³/mol. The second-order valence-corrected chi connectivity index (χ2v) is 6.23. The third kappa shape index (κ3) is 2.70. The van der Waals surface area contributed by atoms with E-state index in [9.17, 15) is 8.78 Å². The molecule has 2 heterocycles. The first-order chi connectivity index (χ1) is 9.61. The van der Waals surface area contributed by atoms with Crippen molar-refractivity contribution < 1.29 is 13.2 Å². The molecule has 0 atom stereocenters. The van der Waals surface area contributed by atoms with Crippen LogP contribution >= 0.6 is 27.3 Å². The summed E-state index contributed by atoms with van der Waals surface area (Å²) in [6, 6.07) is 6.89. The van der Waals surface area contributed by atoms with E-state index in [-0.39, 0.29) is 11.7 Å². The summed E-state index contributed by atoms with van der Waals surface area (Å²) in [6.45, 7) is 0. The van der Waals surface area contributed by atoms with Crippen molar-refractivity contribution in [3.05, 3.63) is 45.8 Å². The Hall–Kier alpha value is -1.80. The Labute approximate surface area is 124 Å². The van der Waals surface area contributed by atoms with Crippen molar-refractivity contribution in [1.82, 2.24) is 10.2 Å². The monoisotopic (exact) mass is 357 g/mol. The van der Waals surface area contributed by atoms with E-state index >= 15 is 0 Å². The molecule has 4 nitrogen and oxygen atoms in total. The number of nitrogens with one attached hydrogen (secondary N) is 1. The molecule has 0 saturated carbocycles. The van der Waals surface area contributed by atoms with Crippen LogP contribution in [0.1, 0.15) is 0 Å². The minimum Gasteiger partial charge on any atom is -0.402 e. The van der Waals surface area contributed by atoms with E-state index < -0.39 is 11.6 Å². The fraction of sp³-hybridized carbons (Fsp3) is 0. The molecule has 0 aliphatic carbocycles. The average molecular weight is 358 g/mol. The van der Waals surface area contributed by atoms with Crippen molar-refractivity contribution >= 4 is 39.0 Å². The zero-order valence-electron chi connectivity index (χ0n) is 9.73. The molecule has 0 aliphatic rings. The van der Waals surface area contributed by atoms with Gasteiger partial charge in [0.25, 0.3) is 5.89 Å². The van der Waals surface area contributed by atoms with Gasteiger partial charge in [0.15, 0.2) is 0 Å². The third-order valence-corrected chi connectivity index (χ3v) is 3.99. The molecule has 0 amide bonds. The smallest absolute Gasteiger partial charge is 0.320 e. The highest BCUT2D eigenvalue weighted by atomic mass is 79.9. The number of anilines is 2. The molecule has 2 aromatic heterocycles. The molecule has 20 heavy (non-hydrogen) atoms. The van der Waals surface area contributed by atoms with Crippen LogP contribution in [0.15, 0.2) is 38.5 Å². The number of benzene rings is 1. The molecular weight excluding hydrogens is 352 g/mol. The summed E-state index contributed by atoms with van der Waals surface area (Å²) in [7, 11) is 0. The molecular formula is C12H6BrF2N3OS. The van der Waals surface area contributed by atoms with Crippen molar-refractivity contribution in [2.24, 2.45) is 0 Å². The number of aromatic nitrogens is 2. The summed E-state index contributed by atoms with van der Waals surface area (Å²) in [5.74, 6) is -1.06. The zero-order valence-corrected chi connectivity index (χ0v) is 12.1. The maximum Gasteiger partial charge on any atom is 0.320 e. The molecule has 0 fully saturated rings. The molecule has 1 N–H and O–H groups in total. The van der Waals surface area contributed by atoms with Gasteiger partial charge in [-0.05, 0) is 40.2 Å². The van der Waals surface area contributed by atoms with Gasteiger partial charge in [-0.3, -0.25) is 0 Å². The number of thiophene rings is 1. The van der Waals surface area contributed by atoms with E-state index in [1.54, 1.807) is 0 Å². The fourth-order valence-electron chi connectivity index (χ4n) is 1.51. The Kier molecular flexibility index (Phi) is 3.49. The van der Waals surface area contributed by atoms with Crippen LogP contribution in [-0.2, 0) is 0 Å². The zero-order chi connectivity index (χ0) is 14.1. The van der Waals surface area contributed by atoms with Gasteiger partial charge >= 0.3 is 6.01 Å². The Morgan fingerprint density at radius 2 is 2.00 bits per heavy atom. The summed E-state index contributed by atoms with van der Waals surface area (Å²) in [5.41, 5.74) is 0.0639. The average Bonchev–Trinajstić information content (AvgIpc) is 3.02. The molecule has 0 saturated heterocycles. The largest absolute Gasteiger partial charge is 0.402 e. The highest BCUT2D eigenvalue weighted by Crippen LogP contribution is 2.31. The normalized spacial score (nSPS) is 10.8. The van der Waals surface area contributed by atoms with Gasteiger partial charge in [0, 0.05) is 6.07 Å². The summed E-state index contributed by atoms with van der Waals surface area (Å²) < 4.78 is 32.6. The standard InChI is InChI=1S/C12H6BrF2N3OS/c13-10-4-3-9(20-10)11-17-18-12(19-11)16-8-2-1-6(14)5-7(8)15/h1-5H,(H,16,18). The molecule has 0 aliphatic heterocycles. The number of hydrogen-bond donors (Lipinski definition) is 1. The van der Waals surface area contributed by atoms with Crippen LogP contribution < -0.4 is 5.32 Å². The Bertz CT molecular complexity index is 759. The summed E-state index contributed by atoms with van der Waals surface area (Å²) >= 11 is 4.77. The molecule has 1 aromatic carbocycles. The summed E-state index contributed by atoms with van der Waals surface area (Å²) in [6.07, 6.45) is 0. The van der Waals surface area contributed by atoms with Gasteiger partial charge < -0.3 is 9.73 Å². The Morgan fingerprint density at radius 3 is 2.70 bits per heavy atom. The molecule has 0 bridgehead atoms. The SMILES string of the molecule is Fc1ccc(Nc2nnc(-c3ccc(Br)s3)o2)c(F)c1. The van der Waals surface area contributed by atoms with E-state index in [0.29, 0.717) is 5.89 Å². The van der Waals surface area contributed by atoms with Crippen molar-refractivity contribution in [3.63, 3.8) is 0 Å². The van der Waals surface area contributed by atoms with Crippen LogP contribution in [0.5, 0.6) is 0 Å². The van der Waals surface area contributed by atoms with Crippen LogP contribution in [0, 0.1) is 11.6 Å². The number of halogens is 3.